The number of carboxylic acid groups (broad SMARTS) is 1. The van der Waals surface area contributed by atoms with Gasteiger partial charge in [0, 0.05) is 33.6 Å². The number of benzene rings is 1. The van der Waals surface area contributed by atoms with Crippen LogP contribution in [0.5, 0.6) is 0 Å². The highest BCUT2D eigenvalue weighted by molar-refractivity contribution is 5.88. The number of hydrogen-bond acceptors (Lipinski definition) is 3. The van der Waals surface area contributed by atoms with Gasteiger partial charge < -0.3 is 15.3 Å². The minimum absolute atomic E-state index is 0.0225. The molecule has 4 saturated carbocycles. The Morgan fingerprint density at radius 2 is 1.62 bits per heavy atom. The van der Waals surface area contributed by atoms with Crippen molar-refractivity contribution >= 4 is 17.4 Å². The van der Waals surface area contributed by atoms with E-state index in [4.69, 9.17) is 0 Å². The largest absolute Gasteiger partial charge is 0.478 e. The fraction of sp³-hybridized carbons (Fsp3) is 0.714. The third-order valence-corrected chi connectivity index (χ3v) is 15.8. The summed E-state index contributed by atoms with van der Waals surface area (Å²) in [4.78, 5) is 25.5. The first kappa shape index (κ1) is 34.5. The summed E-state index contributed by atoms with van der Waals surface area (Å²) in [5.41, 5.74) is 5.49. The molecule has 0 aromatic heterocycles. The van der Waals surface area contributed by atoms with Crippen LogP contribution in [0, 0.1) is 56.7 Å². The molecular formula is C42H62N2O3. The Balaban J connectivity index is 1.28. The van der Waals surface area contributed by atoms with E-state index in [9.17, 15) is 14.7 Å². The van der Waals surface area contributed by atoms with E-state index < -0.39 is 5.97 Å². The Labute approximate surface area is 285 Å². The van der Waals surface area contributed by atoms with Crippen LogP contribution >= 0.6 is 0 Å². The molecular weight excluding hydrogens is 580 g/mol. The van der Waals surface area contributed by atoms with Crippen molar-refractivity contribution in [3.05, 3.63) is 53.6 Å². The van der Waals surface area contributed by atoms with Gasteiger partial charge in [-0.25, -0.2) is 4.79 Å². The molecule has 1 aromatic carbocycles. The average molecular weight is 643 g/mol. The lowest BCUT2D eigenvalue weighted by Gasteiger charge is -2.72. The van der Waals surface area contributed by atoms with Crippen LogP contribution in [0.2, 0.25) is 0 Å². The fourth-order valence-electron chi connectivity index (χ4n) is 13.2. The number of carboxylic acids is 1. The number of carbonyl (C=O) groups excluding carboxylic acids is 1. The number of rotatable bonds is 8. The lowest BCUT2D eigenvalue weighted by atomic mass is 9.32. The summed E-state index contributed by atoms with van der Waals surface area (Å²) in [7, 11) is 3.70. The first-order chi connectivity index (χ1) is 22.0. The van der Waals surface area contributed by atoms with Gasteiger partial charge in [0.25, 0.3) is 0 Å². The highest BCUT2D eigenvalue weighted by Gasteiger charge is 2.70. The van der Waals surface area contributed by atoms with E-state index in [1.807, 2.05) is 26.2 Å². The van der Waals surface area contributed by atoms with Gasteiger partial charge in [0.15, 0.2) is 0 Å². The van der Waals surface area contributed by atoms with Gasteiger partial charge in [0.2, 0.25) is 5.91 Å². The molecule has 9 unspecified atom stereocenters. The van der Waals surface area contributed by atoms with Crippen molar-refractivity contribution in [3.63, 3.8) is 0 Å². The molecule has 1 amide bonds. The van der Waals surface area contributed by atoms with Crippen LogP contribution in [-0.2, 0) is 4.79 Å². The number of carbonyl (C=O) groups is 2. The van der Waals surface area contributed by atoms with E-state index in [1.165, 1.54) is 68.1 Å². The van der Waals surface area contributed by atoms with Crippen molar-refractivity contribution in [2.45, 2.75) is 106 Å². The minimum Gasteiger partial charge on any atom is -0.478 e. The van der Waals surface area contributed by atoms with E-state index in [-0.39, 0.29) is 16.7 Å². The monoisotopic (exact) mass is 642 g/mol. The molecule has 0 saturated heterocycles. The summed E-state index contributed by atoms with van der Waals surface area (Å²) in [6, 6.07) is 7.60. The predicted octanol–water partition coefficient (Wildman–Crippen LogP) is 9.10. The van der Waals surface area contributed by atoms with Gasteiger partial charge in [-0.2, -0.15) is 0 Å². The second kappa shape index (κ2) is 11.9. The minimum atomic E-state index is -0.864. The molecule has 4 fully saturated rings. The number of hydrogen-bond donors (Lipinski definition) is 2. The van der Waals surface area contributed by atoms with E-state index in [1.54, 1.807) is 17.0 Å². The van der Waals surface area contributed by atoms with E-state index in [2.05, 4.69) is 59.5 Å². The number of aromatic carboxylic acids is 1. The van der Waals surface area contributed by atoms with Gasteiger partial charge in [0.05, 0.1) is 5.56 Å². The molecule has 9 atom stereocenters. The standard InChI is InChI=1S/C42H62N2O3/c1-27(2)30-16-22-42(26-43-25-19-35(45)44(8)9)24-23-40(6)32(36(30)42)14-15-34-39(5)20-17-31(28-10-12-29(13-11-28)37(46)47)38(3,4)33(39)18-21-41(34,40)7/h10-13,17,30,32-34,36,43H,1,14-16,18-26H2,2-9H3,(H,46,47). The number of allylic oxidation sites excluding steroid dienone is 3. The summed E-state index contributed by atoms with van der Waals surface area (Å²) in [5, 5.41) is 13.3. The van der Waals surface area contributed by atoms with Gasteiger partial charge in [-0.1, -0.05) is 65.0 Å². The first-order valence-corrected chi connectivity index (χ1v) is 18.6. The molecule has 0 bridgehead atoms. The Bertz CT molecular complexity index is 1440. The Morgan fingerprint density at radius 3 is 2.26 bits per heavy atom. The lowest BCUT2D eigenvalue weighted by molar-refractivity contribution is -0.225. The normalized spacial score (nSPS) is 40.3. The lowest BCUT2D eigenvalue weighted by Crippen LogP contribution is -2.65. The van der Waals surface area contributed by atoms with Crippen LogP contribution in [0.4, 0.5) is 0 Å². The highest BCUT2D eigenvalue weighted by atomic mass is 16.4. The molecule has 2 N–H and O–H groups in total. The third-order valence-electron chi connectivity index (χ3n) is 15.8. The molecule has 0 radical (unpaired) electrons. The SMILES string of the molecule is C=C(C)C1CCC2(CNCCC(=O)N(C)C)CCC3(C)C(CCC4C5(C)CC=C(c6ccc(C(=O)O)cc6)C(C)(C)C5CCC43C)C12. The van der Waals surface area contributed by atoms with Crippen molar-refractivity contribution < 1.29 is 14.7 Å². The Morgan fingerprint density at radius 1 is 0.915 bits per heavy atom. The second-order valence-electron chi connectivity index (χ2n) is 18.2. The van der Waals surface area contributed by atoms with Gasteiger partial charge in [-0.05, 0) is 145 Å². The van der Waals surface area contributed by atoms with Crippen LogP contribution in [-0.4, -0.2) is 49.1 Å². The number of nitrogens with one attached hydrogen (secondary N) is 1. The van der Waals surface area contributed by atoms with Gasteiger partial charge in [0.1, 0.15) is 0 Å². The summed E-state index contributed by atoms with van der Waals surface area (Å²) < 4.78 is 0. The zero-order valence-corrected chi connectivity index (χ0v) is 30.7. The van der Waals surface area contributed by atoms with Crippen LogP contribution in [0.1, 0.15) is 122 Å². The molecule has 258 valence electrons. The third kappa shape index (κ3) is 5.19. The van der Waals surface area contributed by atoms with Crippen molar-refractivity contribution in [3.8, 4) is 0 Å². The predicted molar refractivity (Wildman–Crippen MR) is 192 cm³/mol. The second-order valence-corrected chi connectivity index (χ2v) is 18.2. The quantitative estimate of drug-likeness (QED) is 0.219. The van der Waals surface area contributed by atoms with Gasteiger partial charge in [-0.3, -0.25) is 4.79 Å². The molecule has 0 aliphatic heterocycles. The van der Waals surface area contributed by atoms with E-state index in [0.29, 0.717) is 57.8 Å². The van der Waals surface area contributed by atoms with Crippen molar-refractivity contribution in [1.82, 2.24) is 10.2 Å². The molecule has 5 aliphatic rings. The molecule has 47 heavy (non-hydrogen) atoms. The molecule has 5 heteroatoms. The number of fused-ring (bicyclic) bond motifs is 7. The van der Waals surface area contributed by atoms with Crippen LogP contribution < -0.4 is 5.32 Å². The topological polar surface area (TPSA) is 69.6 Å². The molecule has 5 aliphatic carbocycles. The zero-order valence-electron chi connectivity index (χ0n) is 30.7. The molecule has 1 aromatic rings. The summed E-state index contributed by atoms with van der Waals surface area (Å²) in [6.45, 7) is 21.7. The van der Waals surface area contributed by atoms with Crippen LogP contribution in [0.3, 0.4) is 0 Å². The van der Waals surface area contributed by atoms with Gasteiger partial charge >= 0.3 is 5.97 Å². The number of nitrogens with zero attached hydrogens (tertiary/aromatic N) is 1. The van der Waals surface area contributed by atoms with Crippen molar-refractivity contribution in [2.75, 3.05) is 27.2 Å². The van der Waals surface area contributed by atoms with Crippen LogP contribution in [0.15, 0.2) is 42.5 Å². The molecule has 0 heterocycles. The fourth-order valence-corrected chi connectivity index (χ4v) is 13.2. The van der Waals surface area contributed by atoms with Crippen molar-refractivity contribution in [1.29, 1.82) is 0 Å². The maximum atomic E-state index is 12.3. The first-order valence-electron chi connectivity index (χ1n) is 18.6. The average Bonchev–Trinajstić information content (AvgIpc) is 3.39. The smallest absolute Gasteiger partial charge is 0.335 e. The molecule has 0 spiro atoms. The molecule has 5 nitrogen and oxygen atoms in total. The van der Waals surface area contributed by atoms with Crippen LogP contribution in [0.25, 0.3) is 5.57 Å². The van der Waals surface area contributed by atoms with Crippen molar-refractivity contribution in [2.24, 2.45) is 56.7 Å². The Kier molecular flexibility index (Phi) is 8.71. The maximum absolute atomic E-state index is 12.3. The summed E-state index contributed by atoms with van der Waals surface area (Å²) in [6.07, 6.45) is 14.5. The maximum Gasteiger partial charge on any atom is 0.335 e. The summed E-state index contributed by atoms with van der Waals surface area (Å²) in [5.74, 6) is 2.60. The van der Waals surface area contributed by atoms with Gasteiger partial charge in [-0.15, -0.1) is 0 Å². The summed E-state index contributed by atoms with van der Waals surface area (Å²) >= 11 is 0. The highest BCUT2D eigenvalue weighted by Crippen LogP contribution is 2.77. The van der Waals surface area contributed by atoms with E-state index in [0.717, 1.165) is 19.5 Å². The van der Waals surface area contributed by atoms with E-state index >= 15 is 0 Å². The molecule has 6 rings (SSSR count). The zero-order chi connectivity index (χ0) is 34.2. The Hall–Kier alpha value is -2.40. The number of amides is 1.